The quantitative estimate of drug-likeness (QED) is 0.174. The van der Waals surface area contributed by atoms with Gasteiger partial charge in [0.2, 0.25) is 0 Å². The first kappa shape index (κ1) is 31.8. The largest absolute Gasteiger partial charge is 0.310 e. The molecule has 0 spiro atoms. The summed E-state index contributed by atoms with van der Waals surface area (Å²) < 4.78 is 2.63. The highest BCUT2D eigenvalue weighted by atomic mass is 32.1. The average Bonchev–Trinajstić information content (AvgIpc) is 3.80. The molecule has 8 aromatic carbocycles. The number of hydrogen-bond donors (Lipinski definition) is 0. The second kappa shape index (κ2) is 11.8. The summed E-state index contributed by atoms with van der Waals surface area (Å²) in [5.74, 6) is 0. The molecule has 1 nitrogen and oxygen atoms in total. The summed E-state index contributed by atoms with van der Waals surface area (Å²) in [6.07, 6.45) is 3.36. The summed E-state index contributed by atoms with van der Waals surface area (Å²) >= 11 is 1.87. The fourth-order valence-electron chi connectivity index (χ4n) is 10.1. The van der Waals surface area contributed by atoms with Gasteiger partial charge in [0.1, 0.15) is 0 Å². The lowest BCUT2D eigenvalue weighted by Crippen LogP contribution is -2.14. The predicted molar refractivity (Wildman–Crippen MR) is 239 cm³/mol. The zero-order valence-corrected chi connectivity index (χ0v) is 32.1. The second-order valence-electron chi connectivity index (χ2n) is 16.0. The molecule has 0 unspecified atom stereocenters. The summed E-state index contributed by atoms with van der Waals surface area (Å²) in [5, 5.41) is 2.61. The molecule has 0 amide bonds. The van der Waals surface area contributed by atoms with Crippen molar-refractivity contribution in [1.82, 2.24) is 0 Å². The van der Waals surface area contributed by atoms with Crippen molar-refractivity contribution in [3.8, 4) is 44.5 Å². The monoisotopic (exact) mass is 731 g/mol. The zero-order chi connectivity index (χ0) is 37.1. The van der Waals surface area contributed by atoms with Crippen molar-refractivity contribution < 1.29 is 0 Å². The first-order valence-electron chi connectivity index (χ1n) is 19.7. The Morgan fingerprint density at radius 2 is 1.14 bits per heavy atom. The molecular weight excluding hydrogens is 695 g/mol. The molecule has 0 bridgehead atoms. The van der Waals surface area contributed by atoms with Crippen LogP contribution in [0.1, 0.15) is 41.7 Å². The van der Waals surface area contributed by atoms with Crippen LogP contribution in [0, 0.1) is 0 Å². The molecular formula is C54H37NS. The molecule has 0 atom stereocenters. The maximum Gasteiger partial charge on any atom is 0.0546 e. The highest BCUT2D eigenvalue weighted by Gasteiger charge is 2.37. The van der Waals surface area contributed by atoms with E-state index in [2.05, 4.69) is 195 Å². The van der Waals surface area contributed by atoms with Crippen molar-refractivity contribution in [3.63, 3.8) is 0 Å². The van der Waals surface area contributed by atoms with E-state index in [0.29, 0.717) is 0 Å². The van der Waals surface area contributed by atoms with E-state index in [4.69, 9.17) is 0 Å². The van der Waals surface area contributed by atoms with Crippen molar-refractivity contribution in [3.05, 3.63) is 204 Å². The Balaban J connectivity index is 1.10. The van der Waals surface area contributed by atoms with Crippen molar-refractivity contribution in [2.45, 2.75) is 25.7 Å². The molecule has 0 radical (unpaired) electrons. The number of allylic oxidation sites excluding steroid dienone is 1. The molecule has 3 aliphatic carbocycles. The summed E-state index contributed by atoms with van der Waals surface area (Å²) in [6.45, 7) is 4.72. The third-order valence-corrected chi connectivity index (χ3v) is 13.8. The lowest BCUT2D eigenvalue weighted by atomic mass is 9.82. The van der Waals surface area contributed by atoms with Crippen LogP contribution in [-0.4, -0.2) is 0 Å². The highest BCUT2D eigenvalue weighted by Crippen LogP contribution is 2.56. The molecule has 264 valence electrons. The lowest BCUT2D eigenvalue weighted by Gasteiger charge is -2.30. The smallest absolute Gasteiger partial charge is 0.0546 e. The van der Waals surface area contributed by atoms with Gasteiger partial charge in [0, 0.05) is 42.5 Å². The van der Waals surface area contributed by atoms with Crippen LogP contribution in [0.25, 0.3) is 70.3 Å². The summed E-state index contributed by atoms with van der Waals surface area (Å²) in [7, 11) is 0. The van der Waals surface area contributed by atoms with Gasteiger partial charge in [-0.05, 0) is 121 Å². The molecule has 3 aliphatic rings. The van der Waals surface area contributed by atoms with Gasteiger partial charge in [0.15, 0.2) is 0 Å². The van der Waals surface area contributed by atoms with Crippen molar-refractivity contribution >= 4 is 54.1 Å². The average molecular weight is 732 g/mol. The Kier molecular flexibility index (Phi) is 6.68. The molecule has 0 fully saturated rings. The maximum absolute atomic E-state index is 2.52. The Hall–Kier alpha value is -6.48. The van der Waals surface area contributed by atoms with Gasteiger partial charge in [-0.15, -0.1) is 11.3 Å². The summed E-state index contributed by atoms with van der Waals surface area (Å²) in [6, 6.07) is 63.8. The predicted octanol–water partition coefficient (Wildman–Crippen LogP) is 15.1. The van der Waals surface area contributed by atoms with Crippen molar-refractivity contribution in [2.24, 2.45) is 0 Å². The fraction of sp³-hybridized carbons (Fsp3) is 0.0741. The van der Waals surface area contributed by atoms with Crippen molar-refractivity contribution in [1.29, 1.82) is 0 Å². The van der Waals surface area contributed by atoms with E-state index in [1.807, 2.05) is 11.3 Å². The van der Waals surface area contributed by atoms with Crippen LogP contribution in [0.15, 0.2) is 176 Å². The molecule has 2 heteroatoms. The minimum atomic E-state index is -0.0416. The SMILES string of the molecule is CC1(C)c2ccccc2-c2c(-c3ccc(N(c4ccc5sc6ccccc6c5c4)c4ccc5c6c4-c4ccccc4CC=C6c4ccccc4-5)cc3)cccc21. The van der Waals surface area contributed by atoms with E-state index in [9.17, 15) is 0 Å². The summed E-state index contributed by atoms with van der Waals surface area (Å²) in [4.78, 5) is 2.52. The third-order valence-electron chi connectivity index (χ3n) is 12.7. The van der Waals surface area contributed by atoms with E-state index < -0.39 is 0 Å². The van der Waals surface area contributed by atoms with Gasteiger partial charge in [-0.25, -0.2) is 0 Å². The van der Waals surface area contributed by atoms with Gasteiger partial charge in [-0.1, -0.05) is 147 Å². The standard InChI is InChI=1S/C54H37NS/c1-54(2)46-19-9-7-17-44(46)51-37(18-11-20-47(51)54)34-22-25-35(26-23-34)55(36-27-31-50-45(32-36)41-16-8-10-21-49(41)56-50)48-30-29-43-40-15-6-5-14-39(40)42-28-24-33-12-3-4-13-38(33)53(48)52(42)43/h3-23,25-32H,24H2,1-2H3. The molecule has 56 heavy (non-hydrogen) atoms. The minimum absolute atomic E-state index is 0.0416. The van der Waals surface area contributed by atoms with E-state index >= 15 is 0 Å². The number of anilines is 3. The Morgan fingerprint density at radius 3 is 2.02 bits per heavy atom. The van der Waals surface area contributed by atoms with Crippen LogP contribution in [0.5, 0.6) is 0 Å². The van der Waals surface area contributed by atoms with Gasteiger partial charge in [0.25, 0.3) is 0 Å². The molecule has 9 aromatic rings. The normalized spacial score (nSPS) is 14.1. The van der Waals surface area contributed by atoms with Crippen LogP contribution in [-0.2, 0) is 11.8 Å². The Labute approximate surface area is 331 Å². The van der Waals surface area contributed by atoms with Gasteiger partial charge >= 0.3 is 0 Å². The molecule has 1 heterocycles. The topological polar surface area (TPSA) is 3.24 Å². The van der Waals surface area contributed by atoms with E-state index in [0.717, 1.165) is 17.8 Å². The number of hydrogen-bond acceptors (Lipinski definition) is 2. The molecule has 0 aliphatic heterocycles. The molecule has 12 rings (SSSR count). The van der Waals surface area contributed by atoms with Crippen LogP contribution in [0.3, 0.4) is 0 Å². The molecule has 0 N–H and O–H groups in total. The van der Waals surface area contributed by atoms with Crippen LogP contribution in [0.4, 0.5) is 17.1 Å². The fourth-order valence-corrected chi connectivity index (χ4v) is 11.2. The second-order valence-corrected chi connectivity index (χ2v) is 17.1. The van der Waals surface area contributed by atoms with Gasteiger partial charge < -0.3 is 4.90 Å². The van der Waals surface area contributed by atoms with Crippen LogP contribution < -0.4 is 4.90 Å². The number of benzene rings is 8. The van der Waals surface area contributed by atoms with Gasteiger partial charge in [-0.3, -0.25) is 0 Å². The number of rotatable bonds is 4. The summed E-state index contributed by atoms with van der Waals surface area (Å²) in [5.41, 5.74) is 22.1. The van der Waals surface area contributed by atoms with Gasteiger partial charge in [0.05, 0.1) is 5.69 Å². The lowest BCUT2D eigenvalue weighted by molar-refractivity contribution is 0.660. The molecule has 1 aromatic heterocycles. The molecule has 0 saturated carbocycles. The van der Waals surface area contributed by atoms with E-state index in [-0.39, 0.29) is 5.41 Å². The van der Waals surface area contributed by atoms with Crippen LogP contribution >= 0.6 is 11.3 Å². The minimum Gasteiger partial charge on any atom is -0.310 e. The van der Waals surface area contributed by atoms with Gasteiger partial charge in [-0.2, -0.15) is 0 Å². The van der Waals surface area contributed by atoms with Crippen molar-refractivity contribution in [2.75, 3.05) is 4.90 Å². The maximum atomic E-state index is 2.52. The Bertz CT molecular complexity index is 3140. The molecule has 0 saturated heterocycles. The highest BCUT2D eigenvalue weighted by molar-refractivity contribution is 7.25. The number of thiophene rings is 1. The number of nitrogens with zero attached hydrogens (tertiary/aromatic N) is 1. The zero-order valence-electron chi connectivity index (χ0n) is 31.3. The van der Waals surface area contributed by atoms with E-state index in [1.54, 1.807) is 0 Å². The number of fused-ring (bicyclic) bond motifs is 11. The Morgan fingerprint density at radius 1 is 0.464 bits per heavy atom. The first-order valence-corrected chi connectivity index (χ1v) is 20.5. The van der Waals surface area contributed by atoms with E-state index in [1.165, 1.54) is 104 Å². The third kappa shape index (κ3) is 4.42. The first-order chi connectivity index (χ1) is 27.5. The van der Waals surface area contributed by atoms with Crippen LogP contribution in [0.2, 0.25) is 0 Å².